The Morgan fingerprint density at radius 3 is 1.30 bits per heavy atom. The van der Waals surface area contributed by atoms with Crippen LogP contribution in [0.4, 0.5) is 0 Å². The summed E-state index contributed by atoms with van der Waals surface area (Å²) in [5.41, 5.74) is 2.66. The third-order valence-corrected chi connectivity index (χ3v) is 26.6. The van der Waals surface area contributed by atoms with E-state index in [1.807, 2.05) is 6.07 Å². The van der Waals surface area contributed by atoms with Crippen molar-refractivity contribution in [3.63, 3.8) is 0 Å². The van der Waals surface area contributed by atoms with Crippen LogP contribution in [0.3, 0.4) is 0 Å². The van der Waals surface area contributed by atoms with Crippen molar-refractivity contribution in [2.75, 3.05) is 0 Å². The van der Waals surface area contributed by atoms with Crippen molar-refractivity contribution in [1.82, 2.24) is 0 Å². The third kappa shape index (κ3) is 9.84. The van der Waals surface area contributed by atoms with Gasteiger partial charge in [0.25, 0.3) is 0 Å². The van der Waals surface area contributed by atoms with E-state index in [-0.39, 0.29) is 0 Å². The second kappa shape index (κ2) is 12.0. The Bertz CT molecular complexity index is 1320. The monoisotopic (exact) mass is 644 g/mol. The highest BCUT2D eigenvalue weighted by Crippen LogP contribution is 2.27. The number of benzene rings is 2. The molecular weight excluding hydrogens is 597 g/mol. The van der Waals surface area contributed by atoms with Gasteiger partial charge in [-0.25, -0.2) is 0 Å². The molecule has 0 amide bonds. The Labute approximate surface area is 249 Å². The van der Waals surface area contributed by atoms with Crippen molar-refractivity contribution in [3.8, 4) is 23.3 Å². The van der Waals surface area contributed by atoms with E-state index in [1.54, 1.807) is 12.1 Å². The highest BCUT2D eigenvalue weighted by molar-refractivity contribution is 7.00. The normalized spacial score (nSPS) is 13.6. The topological polar surface area (TPSA) is 84.5 Å². The van der Waals surface area contributed by atoms with Crippen LogP contribution in [-0.4, -0.2) is 50.4 Å². The van der Waals surface area contributed by atoms with Crippen LogP contribution in [0, 0.1) is 22.7 Å². The van der Waals surface area contributed by atoms with E-state index in [1.165, 1.54) is 10.4 Å². The second-order valence-corrected chi connectivity index (χ2v) is 38.6. The van der Waals surface area contributed by atoms with Gasteiger partial charge in [-0.15, -0.1) is 0 Å². The van der Waals surface area contributed by atoms with Crippen molar-refractivity contribution in [1.29, 1.82) is 10.5 Å². The third-order valence-electron chi connectivity index (χ3n) is 6.02. The number of rotatable bonds is 11. The fourth-order valence-electron chi connectivity index (χ4n) is 5.52. The minimum absolute atomic E-state index is 0.379. The number of nitrogens with zero attached hydrogens (tertiary/aromatic N) is 2. The van der Waals surface area contributed by atoms with Gasteiger partial charge in [0.15, 0.2) is 16.6 Å². The standard InChI is InChI=1S/C28H48N2O4Si6/c1-35(2,3)31-39(11,12)33-37(7,8)27-18-17-24(23-15-16-25(21-29)26(19-23)22-30)20-28(27)38(9,10)34-40(13,14)32-36(4,5)6/h15-20H,1-14H3. The quantitative estimate of drug-likeness (QED) is 0.244. The molecule has 0 radical (unpaired) electrons. The lowest BCUT2D eigenvalue weighted by Gasteiger charge is -2.41. The highest BCUT2D eigenvalue weighted by Gasteiger charge is 2.45. The molecule has 0 bridgehead atoms. The van der Waals surface area contributed by atoms with E-state index >= 15 is 0 Å². The van der Waals surface area contributed by atoms with Crippen molar-refractivity contribution in [2.45, 2.75) is 91.7 Å². The molecule has 0 atom stereocenters. The van der Waals surface area contributed by atoms with Crippen LogP contribution < -0.4 is 10.4 Å². The molecule has 2 aromatic rings. The zero-order valence-corrected chi connectivity index (χ0v) is 33.0. The Hall–Kier alpha value is -1.44. The highest BCUT2D eigenvalue weighted by atomic mass is 28.5. The number of hydrogen-bond donors (Lipinski definition) is 0. The van der Waals surface area contributed by atoms with Crippen LogP contribution in [0.1, 0.15) is 11.1 Å². The van der Waals surface area contributed by atoms with Gasteiger partial charge < -0.3 is 16.5 Å². The predicted molar refractivity (Wildman–Crippen MR) is 182 cm³/mol. The molecule has 0 aliphatic heterocycles. The van der Waals surface area contributed by atoms with Crippen LogP contribution in [0.15, 0.2) is 36.4 Å². The summed E-state index contributed by atoms with van der Waals surface area (Å²) in [5.74, 6) is 0. The van der Waals surface area contributed by atoms with Crippen molar-refractivity contribution in [3.05, 3.63) is 47.5 Å². The van der Waals surface area contributed by atoms with Crippen LogP contribution in [0.5, 0.6) is 0 Å². The summed E-state index contributed by atoms with van der Waals surface area (Å²) in [6, 6.07) is 16.3. The molecule has 6 nitrogen and oxygen atoms in total. The van der Waals surface area contributed by atoms with E-state index < -0.39 is 50.4 Å². The van der Waals surface area contributed by atoms with Gasteiger partial charge in [0.2, 0.25) is 16.6 Å². The molecule has 0 saturated carbocycles. The Balaban J connectivity index is 2.73. The smallest absolute Gasteiger partial charge is 0.311 e. The van der Waals surface area contributed by atoms with Crippen LogP contribution in [-0.2, 0) is 16.5 Å². The molecule has 0 heterocycles. The van der Waals surface area contributed by atoms with Crippen molar-refractivity contribution >= 4 is 60.8 Å². The van der Waals surface area contributed by atoms with Crippen LogP contribution in [0.2, 0.25) is 91.7 Å². The Morgan fingerprint density at radius 2 is 0.875 bits per heavy atom. The van der Waals surface area contributed by atoms with Gasteiger partial charge in [-0.1, -0.05) is 24.3 Å². The molecule has 0 unspecified atom stereocenters. The van der Waals surface area contributed by atoms with Crippen LogP contribution >= 0.6 is 0 Å². The first-order valence-electron chi connectivity index (χ1n) is 13.8. The second-order valence-electron chi connectivity index (χ2n) is 14.2. The molecule has 0 saturated heterocycles. The molecule has 0 fully saturated rings. The fourth-order valence-corrected chi connectivity index (χ4v) is 33.4. The van der Waals surface area contributed by atoms with E-state index in [0.29, 0.717) is 11.1 Å². The van der Waals surface area contributed by atoms with Gasteiger partial charge in [-0.3, -0.25) is 0 Å². The average Bonchev–Trinajstić information content (AvgIpc) is 2.73. The zero-order valence-electron chi connectivity index (χ0n) is 27.0. The molecule has 40 heavy (non-hydrogen) atoms. The maximum absolute atomic E-state index is 9.63. The lowest BCUT2D eigenvalue weighted by Crippen LogP contribution is -2.66. The lowest BCUT2D eigenvalue weighted by molar-refractivity contribution is 0.395. The first-order chi connectivity index (χ1) is 17.9. The largest absolute Gasteiger partial charge is 0.437 e. The summed E-state index contributed by atoms with van der Waals surface area (Å²) in [6.45, 7) is 30.9. The van der Waals surface area contributed by atoms with Gasteiger partial charge >= 0.3 is 17.1 Å². The van der Waals surface area contributed by atoms with Gasteiger partial charge in [0.05, 0.1) is 11.1 Å². The Morgan fingerprint density at radius 1 is 0.475 bits per heavy atom. The summed E-state index contributed by atoms with van der Waals surface area (Å²) in [4.78, 5) is 0. The fraction of sp³-hybridized carbons (Fsp3) is 0.500. The predicted octanol–water partition coefficient (Wildman–Crippen LogP) is 7.06. The van der Waals surface area contributed by atoms with E-state index in [9.17, 15) is 10.5 Å². The number of hydrogen-bond acceptors (Lipinski definition) is 6. The molecule has 2 rings (SSSR count). The van der Waals surface area contributed by atoms with E-state index in [2.05, 4.69) is 122 Å². The molecule has 218 valence electrons. The number of nitriles is 2. The minimum atomic E-state index is -2.52. The first kappa shape index (κ1) is 34.8. The summed E-state index contributed by atoms with van der Waals surface area (Å²) in [7, 11) is -13.4. The molecule has 0 aliphatic rings. The molecule has 0 N–H and O–H groups in total. The summed E-state index contributed by atoms with van der Waals surface area (Å²) < 4.78 is 27.3. The SMILES string of the molecule is C[Si](C)(C)O[Si](C)(C)O[Si](C)(C)c1ccc(-c2ccc(C#N)c(C#N)c2)cc1[Si](C)(C)O[Si](C)(C)O[Si](C)(C)C. The molecule has 0 aromatic heterocycles. The molecular formula is C28H48N2O4Si6. The lowest BCUT2D eigenvalue weighted by atomic mass is 10.0. The maximum Gasteiger partial charge on any atom is 0.311 e. The van der Waals surface area contributed by atoms with Crippen LogP contribution in [0.25, 0.3) is 11.1 Å². The first-order valence-corrected chi connectivity index (χ1v) is 32.1. The summed E-state index contributed by atoms with van der Waals surface area (Å²) >= 11 is 0. The van der Waals surface area contributed by atoms with Crippen molar-refractivity contribution < 1.29 is 16.5 Å². The Kier molecular flexibility index (Phi) is 10.5. The molecule has 2 aromatic carbocycles. The molecule has 0 spiro atoms. The van der Waals surface area contributed by atoms with Gasteiger partial charge in [-0.2, -0.15) is 10.5 Å². The van der Waals surface area contributed by atoms with Crippen molar-refractivity contribution in [2.24, 2.45) is 0 Å². The summed E-state index contributed by atoms with van der Waals surface area (Å²) in [6.07, 6.45) is 0. The van der Waals surface area contributed by atoms with E-state index in [0.717, 1.165) is 11.1 Å². The average molecular weight is 645 g/mol. The zero-order chi connectivity index (χ0) is 30.9. The van der Waals surface area contributed by atoms with Gasteiger partial charge in [-0.05, 0) is 125 Å². The maximum atomic E-state index is 9.63. The van der Waals surface area contributed by atoms with Gasteiger partial charge in [0.1, 0.15) is 12.1 Å². The molecule has 0 aliphatic carbocycles. The minimum Gasteiger partial charge on any atom is -0.437 e. The molecule has 12 heteroatoms. The summed E-state index contributed by atoms with van der Waals surface area (Å²) in [5, 5.41) is 21.5. The van der Waals surface area contributed by atoms with Gasteiger partial charge in [0, 0.05) is 0 Å². The van der Waals surface area contributed by atoms with E-state index in [4.69, 9.17) is 16.5 Å².